The maximum Gasteiger partial charge on any atom is 0.241 e. The molecule has 3 N–H and O–H groups in total. The summed E-state index contributed by atoms with van der Waals surface area (Å²) in [5.41, 5.74) is 2.14. The van der Waals surface area contributed by atoms with Crippen LogP contribution in [0.2, 0.25) is 0 Å². The molecular weight excluding hydrogens is 359 g/mol. The number of amides is 1. The predicted octanol–water partition coefficient (Wildman–Crippen LogP) is 0.178. The van der Waals surface area contributed by atoms with E-state index in [4.69, 9.17) is 11.6 Å². The number of halogens is 2. The molecule has 1 saturated carbocycles. The van der Waals surface area contributed by atoms with E-state index in [2.05, 4.69) is 15.6 Å². The molecular formula is C14H26ClFN4O3S. The van der Waals surface area contributed by atoms with E-state index in [0.717, 1.165) is 13.2 Å². The first-order chi connectivity index (χ1) is 11.1. The Kier molecular flexibility index (Phi) is 6.46. The summed E-state index contributed by atoms with van der Waals surface area (Å²) in [6, 6.07) is 0.159. The van der Waals surface area contributed by atoms with Gasteiger partial charge in [-0.2, -0.15) is 0 Å². The van der Waals surface area contributed by atoms with Crippen LogP contribution in [0.3, 0.4) is 0 Å². The molecule has 0 aromatic carbocycles. The summed E-state index contributed by atoms with van der Waals surface area (Å²) < 4.78 is 37.8. The van der Waals surface area contributed by atoms with Crippen molar-refractivity contribution < 1.29 is 17.6 Å². The van der Waals surface area contributed by atoms with Crippen molar-refractivity contribution in [3.05, 3.63) is 0 Å². The van der Waals surface area contributed by atoms with E-state index in [1.54, 1.807) is 0 Å². The minimum atomic E-state index is -3.66. The largest absolute Gasteiger partial charge is 0.300 e. The first-order valence-electron chi connectivity index (χ1n) is 8.12. The first kappa shape index (κ1) is 19.8. The fourth-order valence-electron chi connectivity index (χ4n) is 3.19. The maximum absolute atomic E-state index is 14.4. The molecule has 0 bridgehead atoms. The SMILES string of the molecule is CC(C)S(=O)(=O)NNC(=O)C1CC(C2CN(C)CN2)CC(Cl)C1F. The molecule has 10 heteroatoms. The zero-order valence-corrected chi connectivity index (χ0v) is 15.7. The van der Waals surface area contributed by atoms with E-state index in [1.807, 2.05) is 11.9 Å². The number of nitrogens with zero attached hydrogens (tertiary/aromatic N) is 1. The average Bonchev–Trinajstić information content (AvgIpc) is 2.94. The zero-order chi connectivity index (χ0) is 18.1. The molecule has 2 rings (SSSR count). The van der Waals surface area contributed by atoms with Gasteiger partial charge in [-0.25, -0.2) is 12.8 Å². The third kappa shape index (κ3) is 4.57. The molecule has 1 saturated heterocycles. The lowest BCUT2D eigenvalue weighted by Crippen LogP contribution is -2.53. The van der Waals surface area contributed by atoms with Gasteiger partial charge in [0.2, 0.25) is 15.9 Å². The van der Waals surface area contributed by atoms with E-state index in [0.29, 0.717) is 12.8 Å². The van der Waals surface area contributed by atoms with Crippen molar-refractivity contribution in [3.8, 4) is 0 Å². The van der Waals surface area contributed by atoms with Gasteiger partial charge in [-0.3, -0.25) is 20.4 Å². The summed E-state index contributed by atoms with van der Waals surface area (Å²) >= 11 is 6.12. The highest BCUT2D eigenvalue weighted by molar-refractivity contribution is 7.90. The normalized spacial score (nSPS) is 35.3. The lowest BCUT2D eigenvalue weighted by Gasteiger charge is -2.37. The van der Waals surface area contributed by atoms with Gasteiger partial charge in [-0.05, 0) is 39.7 Å². The minimum Gasteiger partial charge on any atom is -0.300 e. The van der Waals surface area contributed by atoms with E-state index >= 15 is 0 Å². The number of likely N-dealkylation sites (N-methyl/N-ethyl adjacent to an activating group) is 1. The minimum absolute atomic E-state index is 0.0712. The number of alkyl halides is 2. The Labute approximate surface area is 147 Å². The summed E-state index contributed by atoms with van der Waals surface area (Å²) in [6.07, 6.45) is -0.661. The van der Waals surface area contributed by atoms with Crippen LogP contribution in [-0.4, -0.2) is 62.3 Å². The number of nitrogens with one attached hydrogen (secondary N) is 3. The highest BCUT2D eigenvalue weighted by Crippen LogP contribution is 2.37. The molecule has 24 heavy (non-hydrogen) atoms. The van der Waals surface area contributed by atoms with E-state index < -0.39 is 38.6 Å². The Balaban J connectivity index is 2.00. The molecule has 2 fully saturated rings. The highest BCUT2D eigenvalue weighted by atomic mass is 35.5. The van der Waals surface area contributed by atoms with Gasteiger partial charge in [0, 0.05) is 19.3 Å². The standard InChI is InChI=1S/C14H26ClFN4O3S/c1-8(2)24(22,23)19-18-14(21)10-4-9(5-11(15)13(10)16)12-6-20(3)7-17-12/h8-13,17,19H,4-7H2,1-3H3,(H,18,21). The second kappa shape index (κ2) is 7.82. The third-order valence-electron chi connectivity index (χ3n) is 4.79. The number of sulfonamides is 1. The molecule has 0 aromatic rings. The molecule has 0 aromatic heterocycles. The summed E-state index contributed by atoms with van der Waals surface area (Å²) in [5, 5.41) is 1.89. The maximum atomic E-state index is 14.4. The number of hydrogen-bond acceptors (Lipinski definition) is 5. The average molecular weight is 385 g/mol. The van der Waals surface area contributed by atoms with Gasteiger partial charge in [-0.1, -0.05) is 0 Å². The molecule has 1 heterocycles. The van der Waals surface area contributed by atoms with Crippen LogP contribution in [0.1, 0.15) is 26.7 Å². The Bertz CT molecular complexity index is 562. The van der Waals surface area contributed by atoms with Gasteiger partial charge in [0.25, 0.3) is 0 Å². The summed E-state index contributed by atoms with van der Waals surface area (Å²) in [7, 11) is -1.67. The second-order valence-electron chi connectivity index (χ2n) is 6.99. The molecule has 2 aliphatic rings. The van der Waals surface area contributed by atoms with Crippen molar-refractivity contribution in [2.45, 2.75) is 49.5 Å². The highest BCUT2D eigenvalue weighted by Gasteiger charge is 2.44. The number of carbonyl (C=O) groups is 1. The van der Waals surface area contributed by atoms with Crippen molar-refractivity contribution >= 4 is 27.5 Å². The van der Waals surface area contributed by atoms with E-state index in [9.17, 15) is 17.6 Å². The second-order valence-corrected chi connectivity index (χ2v) is 9.79. The first-order valence-corrected chi connectivity index (χ1v) is 10.1. The lowest BCUT2D eigenvalue weighted by molar-refractivity contribution is -0.129. The van der Waals surface area contributed by atoms with Crippen LogP contribution in [0.25, 0.3) is 0 Å². The molecule has 1 amide bonds. The number of carbonyl (C=O) groups excluding carboxylic acids is 1. The quantitative estimate of drug-likeness (QED) is 0.464. The fraction of sp³-hybridized carbons (Fsp3) is 0.929. The fourth-order valence-corrected chi connectivity index (χ4v) is 4.07. The molecule has 0 spiro atoms. The molecule has 1 aliphatic heterocycles. The topological polar surface area (TPSA) is 90.5 Å². The third-order valence-corrected chi connectivity index (χ3v) is 6.84. The van der Waals surface area contributed by atoms with Crippen LogP contribution in [0.15, 0.2) is 0 Å². The van der Waals surface area contributed by atoms with Gasteiger partial charge in [-0.15, -0.1) is 16.4 Å². The van der Waals surface area contributed by atoms with Crippen molar-refractivity contribution in [2.24, 2.45) is 11.8 Å². The van der Waals surface area contributed by atoms with Crippen LogP contribution in [0.5, 0.6) is 0 Å². The van der Waals surface area contributed by atoms with Gasteiger partial charge >= 0.3 is 0 Å². The molecule has 1 aliphatic carbocycles. The Morgan fingerprint density at radius 3 is 2.58 bits per heavy atom. The number of hydrazine groups is 1. The van der Waals surface area contributed by atoms with Gasteiger partial charge in [0.15, 0.2) is 0 Å². The van der Waals surface area contributed by atoms with Gasteiger partial charge in [0.05, 0.1) is 16.5 Å². The van der Waals surface area contributed by atoms with Crippen LogP contribution < -0.4 is 15.6 Å². The van der Waals surface area contributed by atoms with E-state index in [1.165, 1.54) is 13.8 Å². The van der Waals surface area contributed by atoms with Crippen LogP contribution in [-0.2, 0) is 14.8 Å². The summed E-state index contributed by atoms with van der Waals surface area (Å²) in [6.45, 7) is 4.54. The van der Waals surface area contributed by atoms with Crippen molar-refractivity contribution in [1.82, 2.24) is 20.5 Å². The van der Waals surface area contributed by atoms with Gasteiger partial charge < -0.3 is 0 Å². The number of hydrogen-bond donors (Lipinski definition) is 3. The molecule has 5 atom stereocenters. The Hall–Kier alpha value is -0.480. The number of rotatable bonds is 5. The smallest absolute Gasteiger partial charge is 0.241 e. The van der Waals surface area contributed by atoms with Crippen molar-refractivity contribution in [2.75, 3.05) is 20.3 Å². The van der Waals surface area contributed by atoms with E-state index in [-0.39, 0.29) is 12.0 Å². The monoisotopic (exact) mass is 384 g/mol. The summed E-state index contributed by atoms with van der Waals surface area (Å²) in [4.78, 5) is 16.4. The summed E-state index contributed by atoms with van der Waals surface area (Å²) in [5.74, 6) is -1.57. The lowest BCUT2D eigenvalue weighted by atomic mass is 9.76. The molecule has 5 unspecified atom stereocenters. The Morgan fingerprint density at radius 2 is 2.04 bits per heavy atom. The molecule has 7 nitrogen and oxygen atoms in total. The molecule has 140 valence electrons. The van der Waals surface area contributed by atoms with Crippen LogP contribution in [0.4, 0.5) is 4.39 Å². The van der Waals surface area contributed by atoms with Crippen LogP contribution >= 0.6 is 11.6 Å². The van der Waals surface area contributed by atoms with Crippen molar-refractivity contribution in [1.29, 1.82) is 0 Å². The molecule has 0 radical (unpaired) electrons. The van der Waals surface area contributed by atoms with Crippen molar-refractivity contribution in [3.63, 3.8) is 0 Å². The Morgan fingerprint density at radius 1 is 1.38 bits per heavy atom. The zero-order valence-electron chi connectivity index (χ0n) is 14.1. The predicted molar refractivity (Wildman–Crippen MR) is 90.5 cm³/mol. The van der Waals surface area contributed by atoms with Gasteiger partial charge in [0.1, 0.15) is 6.17 Å². The van der Waals surface area contributed by atoms with Crippen LogP contribution in [0, 0.1) is 11.8 Å².